The number of rotatable bonds is 9. The fraction of sp³-hybridized carbons (Fsp3) is 0.423. The SMILES string of the molecule is CC1CCCN(Cc2ccc(NC(=O)CCC(=O)N(CCC#N)c3ccccc3)cc2)C1. The molecule has 0 spiro atoms. The van der Waals surface area contributed by atoms with E-state index in [0.717, 1.165) is 36.9 Å². The average molecular weight is 433 g/mol. The number of amides is 2. The highest BCUT2D eigenvalue weighted by Crippen LogP contribution is 2.19. The minimum absolute atomic E-state index is 0.0946. The topological polar surface area (TPSA) is 76.4 Å². The van der Waals surface area contributed by atoms with Gasteiger partial charge in [-0.05, 0) is 55.1 Å². The maximum atomic E-state index is 12.7. The monoisotopic (exact) mass is 432 g/mol. The number of hydrogen-bond acceptors (Lipinski definition) is 4. The fourth-order valence-electron chi connectivity index (χ4n) is 4.13. The van der Waals surface area contributed by atoms with Gasteiger partial charge < -0.3 is 10.2 Å². The van der Waals surface area contributed by atoms with E-state index in [-0.39, 0.29) is 31.1 Å². The van der Waals surface area contributed by atoms with Gasteiger partial charge in [-0.15, -0.1) is 0 Å². The van der Waals surface area contributed by atoms with Crippen molar-refractivity contribution in [3.05, 3.63) is 60.2 Å². The molecule has 0 saturated carbocycles. The third-order valence-electron chi connectivity index (χ3n) is 5.77. The number of nitrogens with one attached hydrogen (secondary N) is 1. The van der Waals surface area contributed by atoms with E-state index < -0.39 is 0 Å². The van der Waals surface area contributed by atoms with Crippen LogP contribution < -0.4 is 10.2 Å². The summed E-state index contributed by atoms with van der Waals surface area (Å²) in [4.78, 5) is 29.1. The minimum Gasteiger partial charge on any atom is -0.326 e. The van der Waals surface area contributed by atoms with Crippen LogP contribution in [0.4, 0.5) is 11.4 Å². The molecule has 2 aromatic carbocycles. The number of nitrogens with zero attached hydrogens (tertiary/aromatic N) is 3. The van der Waals surface area contributed by atoms with Gasteiger partial charge in [0.15, 0.2) is 0 Å². The van der Waals surface area contributed by atoms with Gasteiger partial charge in [0.05, 0.1) is 12.5 Å². The zero-order chi connectivity index (χ0) is 22.8. The number of anilines is 2. The number of carbonyl (C=O) groups excluding carboxylic acids is 2. The lowest BCUT2D eigenvalue weighted by molar-refractivity contribution is -0.122. The second-order valence-electron chi connectivity index (χ2n) is 8.52. The molecule has 2 aromatic rings. The van der Waals surface area contributed by atoms with Gasteiger partial charge in [0.2, 0.25) is 11.8 Å². The lowest BCUT2D eigenvalue weighted by Gasteiger charge is -2.30. The number of carbonyl (C=O) groups is 2. The third-order valence-corrected chi connectivity index (χ3v) is 5.77. The molecule has 6 nitrogen and oxygen atoms in total. The Kier molecular flexibility index (Phi) is 8.82. The van der Waals surface area contributed by atoms with Crippen LogP contribution in [0.1, 0.15) is 44.6 Å². The number of benzene rings is 2. The van der Waals surface area contributed by atoms with Crippen molar-refractivity contribution in [3.8, 4) is 6.07 Å². The van der Waals surface area contributed by atoms with Gasteiger partial charge in [-0.3, -0.25) is 14.5 Å². The van der Waals surface area contributed by atoms with Crippen molar-refractivity contribution < 1.29 is 9.59 Å². The maximum Gasteiger partial charge on any atom is 0.227 e. The Morgan fingerprint density at radius 1 is 1.12 bits per heavy atom. The number of hydrogen-bond donors (Lipinski definition) is 1. The van der Waals surface area contributed by atoms with Crippen molar-refractivity contribution in [2.75, 3.05) is 29.9 Å². The number of piperidine rings is 1. The molecule has 1 fully saturated rings. The lowest BCUT2D eigenvalue weighted by Crippen LogP contribution is -2.33. The maximum absolute atomic E-state index is 12.7. The van der Waals surface area contributed by atoms with Crippen molar-refractivity contribution >= 4 is 23.2 Å². The molecule has 0 aromatic heterocycles. The van der Waals surface area contributed by atoms with E-state index in [2.05, 4.69) is 35.3 Å². The van der Waals surface area contributed by atoms with Gasteiger partial charge in [0.1, 0.15) is 0 Å². The summed E-state index contributed by atoms with van der Waals surface area (Å²) < 4.78 is 0. The molecular formula is C26H32N4O2. The molecule has 1 N–H and O–H groups in total. The van der Waals surface area contributed by atoms with Gasteiger partial charge >= 0.3 is 0 Å². The van der Waals surface area contributed by atoms with E-state index in [9.17, 15) is 9.59 Å². The molecule has 6 heteroatoms. The van der Waals surface area contributed by atoms with Crippen LogP contribution in [0.2, 0.25) is 0 Å². The van der Waals surface area contributed by atoms with Crippen LogP contribution in [0.5, 0.6) is 0 Å². The Hall–Kier alpha value is -3.17. The van der Waals surface area contributed by atoms with E-state index in [1.165, 1.54) is 18.4 Å². The zero-order valence-electron chi connectivity index (χ0n) is 18.8. The van der Waals surface area contributed by atoms with Gasteiger partial charge in [0.25, 0.3) is 0 Å². The van der Waals surface area contributed by atoms with Crippen LogP contribution in [0.25, 0.3) is 0 Å². The highest BCUT2D eigenvalue weighted by Gasteiger charge is 2.18. The number of likely N-dealkylation sites (tertiary alicyclic amines) is 1. The molecule has 0 radical (unpaired) electrons. The van der Waals surface area contributed by atoms with E-state index in [1.807, 2.05) is 42.5 Å². The van der Waals surface area contributed by atoms with Crippen LogP contribution in [0.3, 0.4) is 0 Å². The largest absolute Gasteiger partial charge is 0.326 e. The standard InChI is InChI=1S/C26H32N4O2/c1-21-7-5-17-29(19-21)20-22-10-12-23(13-11-22)28-25(31)14-15-26(32)30(18-6-16-27)24-8-3-2-4-9-24/h2-4,8-13,21H,5-7,14-15,17-20H2,1H3,(H,28,31). The van der Waals surface area contributed by atoms with Crippen LogP contribution in [-0.4, -0.2) is 36.3 Å². The Labute approximate surface area is 190 Å². The molecule has 3 rings (SSSR count). The molecule has 1 aliphatic heterocycles. The van der Waals surface area contributed by atoms with Gasteiger partial charge in [-0.1, -0.05) is 37.3 Å². The highest BCUT2D eigenvalue weighted by molar-refractivity contribution is 5.98. The third kappa shape index (κ3) is 7.21. The van der Waals surface area contributed by atoms with Crippen LogP contribution >= 0.6 is 0 Å². The smallest absolute Gasteiger partial charge is 0.227 e. The van der Waals surface area contributed by atoms with Crippen molar-refractivity contribution in [1.29, 1.82) is 5.26 Å². The van der Waals surface area contributed by atoms with Gasteiger partial charge in [0, 0.05) is 43.9 Å². The highest BCUT2D eigenvalue weighted by atomic mass is 16.2. The summed E-state index contributed by atoms with van der Waals surface area (Å²) in [7, 11) is 0. The van der Waals surface area contributed by atoms with Crippen molar-refractivity contribution in [3.63, 3.8) is 0 Å². The van der Waals surface area contributed by atoms with Crippen LogP contribution in [-0.2, 0) is 16.1 Å². The molecule has 1 atom stereocenters. The summed E-state index contributed by atoms with van der Waals surface area (Å²) >= 11 is 0. The Bertz CT molecular complexity index is 921. The summed E-state index contributed by atoms with van der Waals surface area (Å²) in [6.45, 7) is 5.84. The first-order valence-corrected chi connectivity index (χ1v) is 11.4. The van der Waals surface area contributed by atoms with Crippen LogP contribution in [0.15, 0.2) is 54.6 Å². The molecular weight excluding hydrogens is 400 g/mol. The van der Waals surface area contributed by atoms with Crippen LogP contribution in [0, 0.1) is 17.2 Å². The lowest BCUT2D eigenvalue weighted by atomic mass is 10.00. The van der Waals surface area contributed by atoms with Gasteiger partial charge in [-0.2, -0.15) is 5.26 Å². The van der Waals surface area contributed by atoms with E-state index in [0.29, 0.717) is 6.54 Å². The van der Waals surface area contributed by atoms with E-state index in [1.54, 1.807) is 4.90 Å². The minimum atomic E-state index is -0.191. The van der Waals surface area contributed by atoms with Crippen molar-refractivity contribution in [2.45, 2.75) is 45.6 Å². The Morgan fingerprint density at radius 3 is 2.56 bits per heavy atom. The summed E-state index contributed by atoms with van der Waals surface area (Å²) in [6.07, 6.45) is 3.01. The molecule has 32 heavy (non-hydrogen) atoms. The van der Waals surface area contributed by atoms with E-state index >= 15 is 0 Å². The molecule has 1 saturated heterocycles. The molecule has 1 aliphatic rings. The first-order valence-electron chi connectivity index (χ1n) is 11.4. The molecule has 0 aliphatic carbocycles. The predicted octanol–water partition coefficient (Wildman–Crippen LogP) is 4.58. The Morgan fingerprint density at radius 2 is 1.88 bits per heavy atom. The normalized spacial score (nSPS) is 16.2. The fourth-order valence-corrected chi connectivity index (χ4v) is 4.13. The van der Waals surface area contributed by atoms with Gasteiger partial charge in [-0.25, -0.2) is 0 Å². The average Bonchev–Trinajstić information content (AvgIpc) is 2.80. The first kappa shape index (κ1) is 23.5. The number of para-hydroxylation sites is 1. The zero-order valence-corrected chi connectivity index (χ0v) is 18.8. The predicted molar refractivity (Wildman–Crippen MR) is 127 cm³/mol. The first-order chi connectivity index (χ1) is 15.5. The second kappa shape index (κ2) is 12.0. The summed E-state index contributed by atoms with van der Waals surface area (Å²) in [5.41, 5.74) is 2.72. The van der Waals surface area contributed by atoms with Crippen molar-refractivity contribution in [1.82, 2.24) is 4.90 Å². The van der Waals surface area contributed by atoms with Crippen molar-refractivity contribution in [2.24, 2.45) is 5.92 Å². The molecule has 1 heterocycles. The summed E-state index contributed by atoms with van der Waals surface area (Å²) in [5, 5.41) is 11.8. The molecule has 0 bridgehead atoms. The second-order valence-corrected chi connectivity index (χ2v) is 8.52. The summed E-state index contributed by atoms with van der Waals surface area (Å²) in [6, 6.07) is 19.3. The Balaban J connectivity index is 1.48. The molecule has 1 unspecified atom stereocenters. The van der Waals surface area contributed by atoms with E-state index in [4.69, 9.17) is 5.26 Å². The summed E-state index contributed by atoms with van der Waals surface area (Å²) in [5.74, 6) is 0.402. The molecule has 2 amide bonds. The number of nitriles is 1. The quantitative estimate of drug-likeness (QED) is 0.629. The molecule has 168 valence electrons.